The van der Waals surface area contributed by atoms with Gasteiger partial charge in [-0.25, -0.2) is 8.42 Å². The molecule has 0 bridgehead atoms. The van der Waals surface area contributed by atoms with Crippen molar-refractivity contribution < 1.29 is 13.2 Å². The predicted octanol–water partition coefficient (Wildman–Crippen LogP) is -0.659. The molecular formula is C9H16N2O3S. The molecule has 0 aromatic carbocycles. The summed E-state index contributed by atoms with van der Waals surface area (Å²) in [5, 5.41) is 3.03. The molecule has 15 heavy (non-hydrogen) atoms. The van der Waals surface area contributed by atoms with Crippen LogP contribution >= 0.6 is 0 Å². The fraction of sp³-hybridized carbons (Fsp3) is 0.889. The topological polar surface area (TPSA) is 66.5 Å². The van der Waals surface area contributed by atoms with E-state index in [0.717, 1.165) is 6.42 Å². The number of sulfone groups is 1. The summed E-state index contributed by atoms with van der Waals surface area (Å²) in [5.74, 6) is 0.430. The van der Waals surface area contributed by atoms with E-state index in [1.807, 2.05) is 0 Å². The van der Waals surface area contributed by atoms with Crippen LogP contribution < -0.4 is 5.32 Å². The van der Waals surface area contributed by atoms with Gasteiger partial charge in [-0.15, -0.1) is 0 Å². The minimum Gasteiger partial charge on any atom is -0.325 e. The van der Waals surface area contributed by atoms with Gasteiger partial charge in [0, 0.05) is 6.04 Å². The van der Waals surface area contributed by atoms with Crippen LogP contribution in [0.25, 0.3) is 0 Å². The van der Waals surface area contributed by atoms with Gasteiger partial charge in [0.15, 0.2) is 9.84 Å². The van der Waals surface area contributed by atoms with Crippen LogP contribution in [0, 0.1) is 0 Å². The number of rotatable bonds is 1. The molecule has 2 heterocycles. The van der Waals surface area contributed by atoms with E-state index in [1.54, 1.807) is 11.8 Å². The van der Waals surface area contributed by atoms with Crippen molar-refractivity contribution in [2.75, 3.05) is 18.2 Å². The van der Waals surface area contributed by atoms with E-state index in [9.17, 15) is 13.2 Å². The highest BCUT2D eigenvalue weighted by Crippen LogP contribution is 2.20. The highest BCUT2D eigenvalue weighted by Gasteiger charge is 2.36. The van der Waals surface area contributed by atoms with Crippen molar-refractivity contribution >= 4 is 15.7 Å². The summed E-state index contributed by atoms with van der Waals surface area (Å²) >= 11 is 0. The molecule has 2 fully saturated rings. The van der Waals surface area contributed by atoms with E-state index in [1.165, 1.54) is 0 Å². The molecular weight excluding hydrogens is 216 g/mol. The molecule has 2 unspecified atom stereocenters. The number of hydrogen-bond acceptors (Lipinski definition) is 4. The lowest BCUT2D eigenvalue weighted by molar-refractivity contribution is -0.130. The minimum atomic E-state index is -2.93. The molecule has 6 heteroatoms. The fourth-order valence-electron chi connectivity index (χ4n) is 2.20. The van der Waals surface area contributed by atoms with Crippen LogP contribution in [0.1, 0.15) is 19.8 Å². The molecule has 5 nitrogen and oxygen atoms in total. The van der Waals surface area contributed by atoms with E-state index in [0.29, 0.717) is 13.1 Å². The minimum absolute atomic E-state index is 0.0251. The lowest BCUT2D eigenvalue weighted by atomic mass is 10.1. The molecule has 2 atom stereocenters. The molecule has 2 saturated heterocycles. The van der Waals surface area contributed by atoms with Gasteiger partial charge in [-0.1, -0.05) is 0 Å². The summed E-state index contributed by atoms with van der Waals surface area (Å²) in [6.07, 6.45) is 1.48. The van der Waals surface area contributed by atoms with Gasteiger partial charge in [-0.05, 0) is 19.8 Å². The van der Waals surface area contributed by atoms with E-state index in [2.05, 4.69) is 5.32 Å². The summed E-state index contributed by atoms with van der Waals surface area (Å²) in [7, 11) is -2.93. The Morgan fingerprint density at radius 2 is 2.20 bits per heavy atom. The van der Waals surface area contributed by atoms with Gasteiger partial charge < -0.3 is 4.90 Å². The number of nitrogens with one attached hydrogen (secondary N) is 1. The summed E-state index contributed by atoms with van der Waals surface area (Å²) in [6, 6.07) is -0.289. The highest BCUT2D eigenvalue weighted by molar-refractivity contribution is 7.91. The third-order valence-corrected chi connectivity index (χ3v) is 4.90. The van der Waals surface area contributed by atoms with Crippen molar-refractivity contribution in [3.8, 4) is 0 Å². The molecule has 0 aromatic rings. The Hall–Kier alpha value is -0.620. The molecule has 2 aliphatic heterocycles. The zero-order valence-electron chi connectivity index (χ0n) is 8.77. The first-order valence-corrected chi connectivity index (χ1v) is 7.06. The van der Waals surface area contributed by atoms with Crippen LogP contribution in [-0.2, 0) is 14.6 Å². The Kier molecular flexibility index (Phi) is 2.72. The first-order chi connectivity index (χ1) is 6.99. The predicted molar refractivity (Wildman–Crippen MR) is 56.0 cm³/mol. The zero-order chi connectivity index (χ0) is 11.1. The van der Waals surface area contributed by atoms with Crippen LogP contribution in [0.15, 0.2) is 0 Å². The maximum Gasteiger partial charge on any atom is 0.240 e. The molecule has 86 valence electrons. The molecule has 0 aliphatic carbocycles. The highest BCUT2D eigenvalue weighted by atomic mass is 32.2. The van der Waals surface area contributed by atoms with Crippen LogP contribution in [0.2, 0.25) is 0 Å². The second-order valence-corrected chi connectivity index (χ2v) is 6.53. The molecule has 2 aliphatic rings. The lowest BCUT2D eigenvalue weighted by Crippen LogP contribution is -2.45. The standard InChI is InChI=1S/C9H16N2O3S/c1-7-9(12)11(6-10-7)8-3-2-4-15(13,14)5-8/h7-8,10H,2-6H2,1H3. The van der Waals surface area contributed by atoms with Crippen molar-refractivity contribution in [3.05, 3.63) is 0 Å². The monoisotopic (exact) mass is 232 g/mol. The Labute approximate surface area is 89.7 Å². The van der Waals surface area contributed by atoms with Crippen molar-refractivity contribution in [2.24, 2.45) is 0 Å². The van der Waals surface area contributed by atoms with Gasteiger partial charge in [-0.3, -0.25) is 10.1 Å². The third-order valence-electron chi connectivity index (χ3n) is 3.10. The van der Waals surface area contributed by atoms with Gasteiger partial charge in [0.05, 0.1) is 24.2 Å². The van der Waals surface area contributed by atoms with Gasteiger partial charge in [0.1, 0.15) is 0 Å². The smallest absolute Gasteiger partial charge is 0.240 e. The van der Waals surface area contributed by atoms with Crippen LogP contribution in [0.5, 0.6) is 0 Å². The third kappa shape index (κ3) is 2.15. The van der Waals surface area contributed by atoms with E-state index in [4.69, 9.17) is 0 Å². The van der Waals surface area contributed by atoms with Crippen LogP contribution in [0.4, 0.5) is 0 Å². The van der Waals surface area contributed by atoms with Gasteiger partial charge >= 0.3 is 0 Å². The van der Waals surface area contributed by atoms with E-state index in [-0.39, 0.29) is 29.5 Å². The fourth-order valence-corrected chi connectivity index (χ4v) is 3.91. The first-order valence-electron chi connectivity index (χ1n) is 5.24. The average Bonchev–Trinajstić information content (AvgIpc) is 2.46. The molecule has 0 spiro atoms. The molecule has 1 amide bonds. The maximum atomic E-state index is 11.7. The van der Waals surface area contributed by atoms with Gasteiger partial charge in [-0.2, -0.15) is 0 Å². The normalized spacial score (nSPS) is 35.8. The lowest BCUT2D eigenvalue weighted by Gasteiger charge is -2.30. The molecule has 0 aromatic heterocycles. The quantitative estimate of drug-likeness (QED) is 0.652. The average molecular weight is 232 g/mol. The van der Waals surface area contributed by atoms with Gasteiger partial charge in [0.2, 0.25) is 5.91 Å². The van der Waals surface area contributed by atoms with Crippen molar-refractivity contribution in [3.63, 3.8) is 0 Å². The first kappa shape index (κ1) is 10.9. The molecule has 1 N–H and O–H groups in total. The van der Waals surface area contributed by atoms with Crippen molar-refractivity contribution in [1.29, 1.82) is 0 Å². The van der Waals surface area contributed by atoms with Crippen molar-refractivity contribution in [2.45, 2.75) is 31.8 Å². The van der Waals surface area contributed by atoms with Crippen LogP contribution in [0.3, 0.4) is 0 Å². The van der Waals surface area contributed by atoms with Crippen LogP contribution in [-0.4, -0.2) is 49.5 Å². The number of hydrogen-bond donors (Lipinski definition) is 1. The zero-order valence-corrected chi connectivity index (χ0v) is 9.59. The molecule has 0 saturated carbocycles. The second-order valence-electron chi connectivity index (χ2n) is 4.30. The number of nitrogens with zero attached hydrogens (tertiary/aromatic N) is 1. The van der Waals surface area contributed by atoms with E-state index >= 15 is 0 Å². The molecule has 2 rings (SSSR count). The number of carbonyl (C=O) groups is 1. The largest absolute Gasteiger partial charge is 0.325 e. The Balaban J connectivity index is 2.08. The summed E-state index contributed by atoms with van der Waals surface area (Å²) in [5.41, 5.74) is 0. The Bertz CT molecular complexity index is 366. The second kappa shape index (κ2) is 3.75. The summed E-state index contributed by atoms with van der Waals surface area (Å²) < 4.78 is 22.9. The Morgan fingerprint density at radius 1 is 1.47 bits per heavy atom. The van der Waals surface area contributed by atoms with E-state index < -0.39 is 9.84 Å². The van der Waals surface area contributed by atoms with Gasteiger partial charge in [0.25, 0.3) is 0 Å². The summed E-state index contributed by atoms with van der Waals surface area (Å²) in [6.45, 7) is 2.29. The Morgan fingerprint density at radius 3 is 2.73 bits per heavy atom. The molecule has 0 radical (unpaired) electrons. The number of carbonyl (C=O) groups excluding carboxylic acids is 1. The SMILES string of the molecule is CC1NCN(C2CCCS(=O)(=O)C2)C1=O. The van der Waals surface area contributed by atoms with Crippen molar-refractivity contribution in [1.82, 2.24) is 10.2 Å². The maximum absolute atomic E-state index is 11.7. The number of amides is 1. The summed E-state index contributed by atoms with van der Waals surface area (Å²) in [4.78, 5) is 13.4.